The van der Waals surface area contributed by atoms with Crippen molar-refractivity contribution in [2.24, 2.45) is 0 Å². The molecule has 0 aliphatic carbocycles. The van der Waals surface area contributed by atoms with Gasteiger partial charge in [-0.25, -0.2) is 0 Å². The molecule has 1 amide bonds. The normalized spacial score (nSPS) is 12.8. The van der Waals surface area contributed by atoms with Gasteiger partial charge in [-0.1, -0.05) is 402 Å². The number of hydrogen-bond donors (Lipinski definition) is 3. The number of carbonyl (C=O) groups is 2. The Balaban J connectivity index is 3.38. The van der Waals surface area contributed by atoms with Crippen LogP contribution in [0.15, 0.2) is 60.8 Å². The molecule has 0 aliphatic heterocycles. The first-order chi connectivity index (χ1) is 45.0. The monoisotopic (exact) mass is 1270 g/mol. The molecule has 3 N–H and O–H groups in total. The average molecular weight is 1280 g/mol. The molecule has 2 atom stereocenters. The summed E-state index contributed by atoms with van der Waals surface area (Å²) in [7, 11) is 0. The maximum Gasteiger partial charge on any atom is 0.305 e. The van der Waals surface area contributed by atoms with Crippen molar-refractivity contribution in [3.8, 4) is 0 Å². The van der Waals surface area contributed by atoms with Gasteiger partial charge in [0.2, 0.25) is 5.91 Å². The molecule has 0 rings (SSSR count). The second-order valence-electron chi connectivity index (χ2n) is 28.1. The van der Waals surface area contributed by atoms with Crippen LogP contribution in [-0.4, -0.2) is 47.4 Å². The van der Waals surface area contributed by atoms with E-state index in [1.807, 2.05) is 6.08 Å². The number of nitrogens with one attached hydrogen (secondary N) is 1. The molecule has 0 aromatic carbocycles. The molecule has 0 radical (unpaired) electrons. The molecule has 0 spiro atoms. The molecule has 534 valence electrons. The molecule has 6 heteroatoms. The van der Waals surface area contributed by atoms with E-state index in [4.69, 9.17) is 4.74 Å². The molecule has 6 nitrogen and oxygen atoms in total. The molecule has 0 heterocycles. The highest BCUT2D eigenvalue weighted by molar-refractivity contribution is 5.76. The summed E-state index contributed by atoms with van der Waals surface area (Å²) in [6.45, 7) is 4.88. The summed E-state index contributed by atoms with van der Waals surface area (Å²) in [5.41, 5.74) is 0. The van der Waals surface area contributed by atoms with Gasteiger partial charge in [-0.05, 0) is 89.9 Å². The van der Waals surface area contributed by atoms with E-state index in [2.05, 4.69) is 67.8 Å². The van der Waals surface area contributed by atoms with E-state index < -0.39 is 12.1 Å². The summed E-state index contributed by atoms with van der Waals surface area (Å²) in [6.07, 6.45) is 108. The quantitative estimate of drug-likeness (QED) is 0.0320. The van der Waals surface area contributed by atoms with E-state index >= 15 is 0 Å². The zero-order valence-electron chi connectivity index (χ0n) is 61.3. The number of carbonyl (C=O) groups excluding carboxylic acids is 2. The van der Waals surface area contributed by atoms with Gasteiger partial charge in [-0.15, -0.1) is 0 Å². The molecule has 0 saturated heterocycles. The van der Waals surface area contributed by atoms with Crippen LogP contribution in [-0.2, 0) is 14.3 Å². The van der Waals surface area contributed by atoms with Crippen LogP contribution < -0.4 is 5.32 Å². The zero-order valence-corrected chi connectivity index (χ0v) is 61.3. The third-order valence-electron chi connectivity index (χ3n) is 19.0. The molecule has 0 fully saturated rings. The van der Waals surface area contributed by atoms with Gasteiger partial charge in [0.15, 0.2) is 0 Å². The first kappa shape index (κ1) is 88.6. The predicted octanol–water partition coefficient (Wildman–Crippen LogP) is 27.3. The van der Waals surface area contributed by atoms with Crippen molar-refractivity contribution in [3.05, 3.63) is 60.8 Å². The largest absolute Gasteiger partial charge is 0.466 e. The van der Waals surface area contributed by atoms with Gasteiger partial charge in [0.1, 0.15) is 0 Å². The number of unbranched alkanes of at least 4 members (excludes halogenated alkanes) is 58. The Morgan fingerprint density at radius 3 is 0.879 bits per heavy atom. The van der Waals surface area contributed by atoms with Crippen LogP contribution in [0.2, 0.25) is 0 Å². The SMILES string of the molecule is CCC/C=C\C/C=C\CCCCCCCC(=O)OCCCCCCCCCCCCCCCCC/C=C\C/C=C\CCCCCCCCCCCCCCCCCCCC(=O)NC(CO)C(O)/C=C/CCCCCCCCCCCCCCCCCCCCCC. The van der Waals surface area contributed by atoms with Crippen LogP contribution in [0.4, 0.5) is 0 Å². The standard InChI is InChI=1S/C85H159NO5/c1-3-5-7-9-11-13-15-17-18-19-20-21-41-44-47-50-54-57-61-65-69-73-77-83(88)82(81-87)86-84(89)78-74-70-66-62-58-55-51-48-45-42-39-37-35-33-31-29-27-25-23-22-24-26-28-30-32-34-36-38-40-43-46-49-52-56-60-64-68-72-76-80-91-85(90)79-75-71-67-63-59-53-16-14-12-10-8-6-4-2/h8,10,14,16,22-23,26,28,73,77,82-83,87-88H,3-7,9,11-13,15,17-21,24-25,27,29-72,74-76,78-81H2,1-2H3,(H,86,89)/b10-8-,16-14-,23-22-,28-26-,77-73+. The van der Waals surface area contributed by atoms with Crippen molar-refractivity contribution in [3.63, 3.8) is 0 Å². The average Bonchev–Trinajstić information content (AvgIpc) is 3.70. The number of allylic oxidation sites excluding steroid dienone is 9. The lowest BCUT2D eigenvalue weighted by atomic mass is 10.0. The molecule has 91 heavy (non-hydrogen) atoms. The number of ether oxygens (including phenoxy) is 1. The Morgan fingerprint density at radius 2 is 0.571 bits per heavy atom. The van der Waals surface area contributed by atoms with Gasteiger partial charge < -0.3 is 20.3 Å². The summed E-state index contributed by atoms with van der Waals surface area (Å²) < 4.78 is 5.48. The van der Waals surface area contributed by atoms with E-state index in [9.17, 15) is 19.8 Å². The van der Waals surface area contributed by atoms with E-state index in [1.165, 1.54) is 360 Å². The number of esters is 1. The highest BCUT2D eigenvalue weighted by Crippen LogP contribution is 2.20. The third-order valence-corrected chi connectivity index (χ3v) is 19.0. The number of hydrogen-bond acceptors (Lipinski definition) is 5. The lowest BCUT2D eigenvalue weighted by molar-refractivity contribution is -0.143. The van der Waals surface area contributed by atoms with Crippen LogP contribution >= 0.6 is 0 Å². The van der Waals surface area contributed by atoms with Gasteiger partial charge in [-0.2, -0.15) is 0 Å². The fraction of sp³-hybridized carbons (Fsp3) is 0.859. The number of amides is 1. The second kappa shape index (κ2) is 80.0. The maximum absolute atomic E-state index is 12.6. The Labute approximate surface area is 569 Å². The van der Waals surface area contributed by atoms with Gasteiger partial charge in [0, 0.05) is 12.8 Å². The lowest BCUT2D eigenvalue weighted by Gasteiger charge is -2.20. The number of aliphatic hydroxyl groups is 2. The van der Waals surface area contributed by atoms with Gasteiger partial charge in [0.05, 0.1) is 25.4 Å². The van der Waals surface area contributed by atoms with Crippen LogP contribution in [0.1, 0.15) is 444 Å². The summed E-state index contributed by atoms with van der Waals surface area (Å²) in [5.74, 6) is -0.0558. The summed E-state index contributed by atoms with van der Waals surface area (Å²) in [5, 5.41) is 23.3. The minimum atomic E-state index is -0.844. The van der Waals surface area contributed by atoms with Crippen LogP contribution in [0.25, 0.3) is 0 Å². The van der Waals surface area contributed by atoms with Crippen molar-refractivity contribution in [2.45, 2.75) is 456 Å². The van der Waals surface area contributed by atoms with Crippen molar-refractivity contribution in [1.82, 2.24) is 5.32 Å². The van der Waals surface area contributed by atoms with Crippen molar-refractivity contribution in [1.29, 1.82) is 0 Å². The number of aliphatic hydroxyl groups excluding tert-OH is 2. The van der Waals surface area contributed by atoms with E-state index in [-0.39, 0.29) is 18.5 Å². The van der Waals surface area contributed by atoms with Crippen molar-refractivity contribution >= 4 is 11.9 Å². The second-order valence-corrected chi connectivity index (χ2v) is 28.1. The lowest BCUT2D eigenvalue weighted by Crippen LogP contribution is -2.45. The molecule has 0 saturated carbocycles. The first-order valence-electron chi connectivity index (χ1n) is 41.1. The number of rotatable bonds is 77. The highest BCUT2D eigenvalue weighted by Gasteiger charge is 2.18. The van der Waals surface area contributed by atoms with Crippen LogP contribution in [0.5, 0.6) is 0 Å². The van der Waals surface area contributed by atoms with Crippen LogP contribution in [0.3, 0.4) is 0 Å². The summed E-state index contributed by atoms with van der Waals surface area (Å²) in [4.78, 5) is 24.6. The minimum absolute atomic E-state index is 0.00486. The molecule has 0 aromatic rings. The van der Waals surface area contributed by atoms with Crippen LogP contribution in [0, 0.1) is 0 Å². The fourth-order valence-corrected chi connectivity index (χ4v) is 12.8. The Bertz CT molecular complexity index is 1570. The fourth-order valence-electron chi connectivity index (χ4n) is 12.8. The van der Waals surface area contributed by atoms with Crippen molar-refractivity contribution < 1.29 is 24.5 Å². The summed E-state index contributed by atoms with van der Waals surface area (Å²) in [6, 6.07) is -0.628. The van der Waals surface area contributed by atoms with Gasteiger partial charge >= 0.3 is 5.97 Å². The Kier molecular flexibility index (Phi) is 77.9. The summed E-state index contributed by atoms with van der Waals surface area (Å²) >= 11 is 0. The smallest absolute Gasteiger partial charge is 0.305 e. The molecule has 2 unspecified atom stereocenters. The van der Waals surface area contributed by atoms with Crippen molar-refractivity contribution in [2.75, 3.05) is 13.2 Å². The molecular formula is C85H159NO5. The Morgan fingerprint density at radius 1 is 0.308 bits per heavy atom. The topological polar surface area (TPSA) is 95.9 Å². The molecule has 0 aromatic heterocycles. The first-order valence-corrected chi connectivity index (χ1v) is 41.1. The van der Waals surface area contributed by atoms with E-state index in [1.54, 1.807) is 6.08 Å². The van der Waals surface area contributed by atoms with E-state index in [0.717, 1.165) is 57.8 Å². The van der Waals surface area contributed by atoms with Gasteiger partial charge in [-0.3, -0.25) is 9.59 Å². The molecular weight excluding hydrogens is 1110 g/mol. The zero-order chi connectivity index (χ0) is 65.6. The molecule has 0 aliphatic rings. The molecule has 0 bridgehead atoms. The van der Waals surface area contributed by atoms with Gasteiger partial charge in [0.25, 0.3) is 0 Å². The third kappa shape index (κ3) is 76.5. The highest BCUT2D eigenvalue weighted by atomic mass is 16.5. The predicted molar refractivity (Wildman–Crippen MR) is 402 cm³/mol. The Hall–Kier alpha value is -2.44. The van der Waals surface area contributed by atoms with E-state index in [0.29, 0.717) is 19.4 Å². The minimum Gasteiger partial charge on any atom is -0.466 e. The maximum atomic E-state index is 12.6.